The summed E-state index contributed by atoms with van der Waals surface area (Å²) in [4.78, 5) is 16.2. The van der Waals surface area contributed by atoms with Gasteiger partial charge in [-0.2, -0.15) is 5.26 Å². The lowest BCUT2D eigenvalue weighted by Crippen LogP contribution is -2.45. The molecule has 1 fully saturated rings. The van der Waals surface area contributed by atoms with Gasteiger partial charge in [-0.15, -0.1) is 0 Å². The molecule has 1 aromatic carbocycles. The number of carbonyl (C=O) groups is 1. The van der Waals surface area contributed by atoms with Crippen LogP contribution in [0.25, 0.3) is 0 Å². The van der Waals surface area contributed by atoms with Gasteiger partial charge in [-0.1, -0.05) is 39.8 Å². The minimum Gasteiger partial charge on any atom is -0.292 e. The van der Waals surface area contributed by atoms with Crippen LogP contribution in [0.1, 0.15) is 17.9 Å². The normalized spacial score (nSPS) is 23.0. The van der Waals surface area contributed by atoms with Crippen molar-refractivity contribution in [1.82, 2.24) is 9.80 Å². The first-order valence-corrected chi connectivity index (χ1v) is 8.39. The number of amides is 1. The molecule has 1 amide bonds. The molecule has 3 rings (SSSR count). The Balaban J connectivity index is 2.05. The maximum atomic E-state index is 12.4. The van der Waals surface area contributed by atoms with E-state index in [4.69, 9.17) is 0 Å². The molecule has 1 atom stereocenters. The summed E-state index contributed by atoms with van der Waals surface area (Å²) in [5.74, 6) is 0.755. The number of allylic oxidation sites excluding steroid dienone is 1. The van der Waals surface area contributed by atoms with Gasteiger partial charge >= 0.3 is 0 Å². The van der Waals surface area contributed by atoms with Gasteiger partial charge in [0.25, 0.3) is 0 Å². The molecule has 0 aliphatic carbocycles. The number of carbonyl (C=O) groups excluding carboxylic acids is 1. The first-order chi connectivity index (χ1) is 10.1. The van der Waals surface area contributed by atoms with Crippen LogP contribution in [0.3, 0.4) is 0 Å². The highest BCUT2D eigenvalue weighted by Gasteiger charge is 2.37. The number of hydrogen-bond donors (Lipinski definition) is 0. The van der Waals surface area contributed by atoms with E-state index in [0.717, 1.165) is 20.9 Å². The predicted octanol–water partition coefficient (Wildman–Crippen LogP) is 3.09. The molecule has 1 saturated heterocycles. The number of thioether (sulfide) groups is 1. The summed E-state index contributed by atoms with van der Waals surface area (Å²) in [6.45, 7) is 0.567. The minimum atomic E-state index is -0.137. The molecular weight excluding hydrogens is 350 g/mol. The van der Waals surface area contributed by atoms with Crippen molar-refractivity contribution in [2.45, 2.75) is 12.3 Å². The maximum Gasteiger partial charge on any atom is 0.229 e. The van der Waals surface area contributed by atoms with Gasteiger partial charge in [0.2, 0.25) is 5.91 Å². The van der Waals surface area contributed by atoms with E-state index >= 15 is 0 Å². The summed E-state index contributed by atoms with van der Waals surface area (Å²) in [7, 11) is 1.98. The number of benzene rings is 1. The third kappa shape index (κ3) is 2.73. The second-order valence-electron chi connectivity index (χ2n) is 5.24. The molecule has 0 radical (unpaired) electrons. The zero-order valence-corrected chi connectivity index (χ0v) is 13.9. The largest absolute Gasteiger partial charge is 0.292 e. The first kappa shape index (κ1) is 14.6. The monoisotopic (exact) mass is 363 g/mol. The zero-order chi connectivity index (χ0) is 15.0. The van der Waals surface area contributed by atoms with Crippen LogP contribution in [0.15, 0.2) is 39.3 Å². The topological polar surface area (TPSA) is 47.3 Å². The standard InChI is InChI=1S/C15H14BrN3OS/c1-18-8-19-14(20)6-12(10-3-2-4-11(16)5-10)13(7-17)15(19)21-9-18/h2-5,12H,6,8-9H2,1H3. The van der Waals surface area contributed by atoms with Crippen LogP contribution in [0.4, 0.5) is 0 Å². The van der Waals surface area contributed by atoms with Gasteiger partial charge in [0.05, 0.1) is 29.2 Å². The average molecular weight is 364 g/mol. The highest BCUT2D eigenvalue weighted by Crippen LogP contribution is 2.42. The van der Waals surface area contributed by atoms with E-state index in [1.165, 1.54) is 0 Å². The Kier molecular flexibility index (Phi) is 4.07. The van der Waals surface area contributed by atoms with Crippen LogP contribution in [0, 0.1) is 11.3 Å². The average Bonchev–Trinajstić information content (AvgIpc) is 2.47. The summed E-state index contributed by atoms with van der Waals surface area (Å²) in [5, 5.41) is 10.4. The molecule has 2 aliphatic heterocycles. The minimum absolute atomic E-state index is 0.0908. The highest BCUT2D eigenvalue weighted by molar-refractivity contribution is 9.10. The number of rotatable bonds is 1. The van der Waals surface area contributed by atoms with Gasteiger partial charge in [-0.25, -0.2) is 0 Å². The zero-order valence-electron chi connectivity index (χ0n) is 11.5. The lowest BCUT2D eigenvalue weighted by atomic mass is 9.86. The first-order valence-electron chi connectivity index (χ1n) is 6.61. The van der Waals surface area contributed by atoms with E-state index in [1.807, 2.05) is 31.3 Å². The van der Waals surface area contributed by atoms with E-state index in [2.05, 4.69) is 26.9 Å². The summed E-state index contributed by atoms with van der Waals surface area (Å²) < 4.78 is 0.966. The fourth-order valence-corrected chi connectivity index (χ4v) is 4.18. The number of hydrogen-bond acceptors (Lipinski definition) is 4. The van der Waals surface area contributed by atoms with Crippen LogP contribution < -0.4 is 0 Å². The second-order valence-corrected chi connectivity index (χ2v) is 7.08. The van der Waals surface area contributed by atoms with E-state index in [-0.39, 0.29) is 11.8 Å². The number of fused-ring (bicyclic) bond motifs is 1. The van der Waals surface area contributed by atoms with Crippen molar-refractivity contribution in [2.75, 3.05) is 19.6 Å². The van der Waals surface area contributed by atoms with Crippen molar-refractivity contribution >= 4 is 33.6 Å². The Morgan fingerprint density at radius 3 is 3.00 bits per heavy atom. The number of halogens is 1. The summed E-state index contributed by atoms with van der Waals surface area (Å²) >= 11 is 5.03. The lowest BCUT2D eigenvalue weighted by Gasteiger charge is -2.40. The predicted molar refractivity (Wildman–Crippen MR) is 86.1 cm³/mol. The second kappa shape index (κ2) is 5.84. The molecule has 0 bridgehead atoms. The summed E-state index contributed by atoms with van der Waals surface area (Å²) in [6, 6.07) is 10.2. The number of nitriles is 1. The highest BCUT2D eigenvalue weighted by atomic mass is 79.9. The van der Waals surface area contributed by atoms with Crippen LogP contribution in [0.2, 0.25) is 0 Å². The van der Waals surface area contributed by atoms with Gasteiger partial charge in [0.15, 0.2) is 0 Å². The van der Waals surface area contributed by atoms with Crippen molar-refractivity contribution < 1.29 is 4.79 Å². The summed E-state index contributed by atoms with van der Waals surface area (Å²) in [6.07, 6.45) is 0.358. The lowest BCUT2D eigenvalue weighted by molar-refractivity contribution is -0.131. The molecule has 1 unspecified atom stereocenters. The van der Waals surface area contributed by atoms with Crippen LogP contribution in [-0.2, 0) is 4.79 Å². The van der Waals surface area contributed by atoms with E-state index in [1.54, 1.807) is 16.7 Å². The Morgan fingerprint density at radius 1 is 1.48 bits per heavy atom. The molecule has 6 heteroatoms. The quantitative estimate of drug-likeness (QED) is 0.768. The maximum absolute atomic E-state index is 12.4. The molecule has 1 aromatic rings. The molecule has 0 N–H and O–H groups in total. The Bertz CT molecular complexity index is 667. The van der Waals surface area contributed by atoms with Crippen molar-refractivity contribution in [1.29, 1.82) is 5.26 Å². The molecular formula is C15H14BrN3OS. The van der Waals surface area contributed by atoms with Crippen molar-refractivity contribution in [3.8, 4) is 6.07 Å². The van der Waals surface area contributed by atoms with E-state index < -0.39 is 0 Å². The number of nitrogens with zero attached hydrogens (tertiary/aromatic N) is 3. The Morgan fingerprint density at radius 2 is 2.29 bits per heavy atom. The summed E-state index contributed by atoms with van der Waals surface area (Å²) in [5.41, 5.74) is 1.73. The van der Waals surface area contributed by atoms with Crippen LogP contribution in [-0.4, -0.2) is 35.3 Å². The van der Waals surface area contributed by atoms with Crippen molar-refractivity contribution in [3.63, 3.8) is 0 Å². The molecule has 0 aromatic heterocycles. The Hall–Kier alpha value is -1.29. The van der Waals surface area contributed by atoms with Gasteiger partial charge in [-0.3, -0.25) is 14.6 Å². The molecule has 4 nitrogen and oxygen atoms in total. The van der Waals surface area contributed by atoms with Crippen molar-refractivity contribution in [2.24, 2.45) is 0 Å². The molecule has 2 heterocycles. The van der Waals surface area contributed by atoms with Gasteiger partial charge in [0, 0.05) is 16.8 Å². The molecule has 2 aliphatic rings. The molecule has 21 heavy (non-hydrogen) atoms. The molecule has 0 spiro atoms. The van der Waals surface area contributed by atoms with E-state index in [9.17, 15) is 10.1 Å². The fraction of sp³-hybridized carbons (Fsp3) is 0.333. The van der Waals surface area contributed by atoms with Crippen LogP contribution >= 0.6 is 27.7 Å². The van der Waals surface area contributed by atoms with Crippen molar-refractivity contribution in [3.05, 3.63) is 44.9 Å². The SMILES string of the molecule is CN1CSC2=C(C#N)C(c3cccc(Br)c3)CC(=O)N2C1. The third-order valence-electron chi connectivity index (χ3n) is 3.68. The van der Waals surface area contributed by atoms with Crippen LogP contribution in [0.5, 0.6) is 0 Å². The van der Waals surface area contributed by atoms with E-state index in [0.29, 0.717) is 18.7 Å². The Labute approximate surface area is 136 Å². The van der Waals surface area contributed by atoms with Gasteiger partial charge in [0.1, 0.15) is 0 Å². The smallest absolute Gasteiger partial charge is 0.229 e. The fourth-order valence-electron chi connectivity index (χ4n) is 2.68. The van der Waals surface area contributed by atoms with Gasteiger partial charge < -0.3 is 0 Å². The molecule has 0 saturated carbocycles. The third-order valence-corrected chi connectivity index (χ3v) is 5.46. The van der Waals surface area contributed by atoms with Gasteiger partial charge in [-0.05, 0) is 24.7 Å². The molecule has 108 valence electrons.